The van der Waals surface area contributed by atoms with Crippen molar-refractivity contribution in [3.05, 3.63) is 0 Å². The summed E-state index contributed by atoms with van der Waals surface area (Å²) in [5.41, 5.74) is 0. The fourth-order valence-corrected chi connectivity index (χ4v) is 1.48. The molecule has 1 amide bonds. The van der Waals surface area contributed by atoms with Gasteiger partial charge in [0.15, 0.2) is 0 Å². The Balaban J connectivity index is 2.03. The average Bonchev–Trinajstić information content (AvgIpc) is 2.84. The SMILES string of the molecule is CCNCC(=O)NC(C)CC1CC1. The van der Waals surface area contributed by atoms with Crippen LogP contribution in [0, 0.1) is 5.92 Å². The highest BCUT2D eigenvalue weighted by atomic mass is 16.1. The van der Waals surface area contributed by atoms with Crippen LogP contribution in [0.1, 0.15) is 33.1 Å². The van der Waals surface area contributed by atoms with Gasteiger partial charge in [-0.3, -0.25) is 4.79 Å². The zero-order valence-corrected chi connectivity index (χ0v) is 8.60. The molecule has 76 valence electrons. The predicted molar refractivity (Wildman–Crippen MR) is 53.5 cm³/mol. The molecular weight excluding hydrogens is 164 g/mol. The first-order valence-corrected chi connectivity index (χ1v) is 5.22. The van der Waals surface area contributed by atoms with Crippen LogP contribution in [0.4, 0.5) is 0 Å². The fourth-order valence-electron chi connectivity index (χ4n) is 1.48. The van der Waals surface area contributed by atoms with Crippen LogP contribution in [0.5, 0.6) is 0 Å². The van der Waals surface area contributed by atoms with E-state index in [4.69, 9.17) is 0 Å². The molecule has 13 heavy (non-hydrogen) atoms. The topological polar surface area (TPSA) is 41.1 Å². The van der Waals surface area contributed by atoms with Gasteiger partial charge in [-0.15, -0.1) is 0 Å². The van der Waals surface area contributed by atoms with Gasteiger partial charge in [0.2, 0.25) is 5.91 Å². The minimum atomic E-state index is 0.120. The van der Waals surface area contributed by atoms with Crippen LogP contribution < -0.4 is 10.6 Å². The van der Waals surface area contributed by atoms with Gasteiger partial charge in [0.1, 0.15) is 0 Å². The predicted octanol–water partition coefficient (Wildman–Crippen LogP) is 0.901. The van der Waals surface area contributed by atoms with Crippen LogP contribution in [0.15, 0.2) is 0 Å². The second-order valence-corrected chi connectivity index (χ2v) is 3.93. The zero-order chi connectivity index (χ0) is 9.68. The fraction of sp³-hybridized carbons (Fsp3) is 0.900. The molecule has 0 aromatic carbocycles. The Morgan fingerprint density at radius 3 is 2.77 bits per heavy atom. The van der Waals surface area contributed by atoms with Gasteiger partial charge in [-0.2, -0.15) is 0 Å². The van der Waals surface area contributed by atoms with Crippen molar-refractivity contribution in [1.29, 1.82) is 0 Å². The highest BCUT2D eigenvalue weighted by Crippen LogP contribution is 2.33. The van der Waals surface area contributed by atoms with Gasteiger partial charge in [-0.25, -0.2) is 0 Å². The van der Waals surface area contributed by atoms with Crippen molar-refractivity contribution in [2.24, 2.45) is 5.92 Å². The summed E-state index contributed by atoms with van der Waals surface area (Å²) in [5, 5.41) is 5.99. The zero-order valence-electron chi connectivity index (χ0n) is 8.60. The number of carbonyl (C=O) groups is 1. The summed E-state index contributed by atoms with van der Waals surface area (Å²) >= 11 is 0. The summed E-state index contributed by atoms with van der Waals surface area (Å²) in [5.74, 6) is 1.00. The highest BCUT2D eigenvalue weighted by Gasteiger charge is 2.23. The molecule has 1 rings (SSSR count). The van der Waals surface area contributed by atoms with Crippen molar-refractivity contribution < 1.29 is 4.79 Å². The van der Waals surface area contributed by atoms with Gasteiger partial charge in [-0.05, 0) is 25.8 Å². The summed E-state index contributed by atoms with van der Waals surface area (Å²) in [7, 11) is 0. The maximum absolute atomic E-state index is 11.2. The Bertz CT molecular complexity index is 166. The molecule has 3 nitrogen and oxygen atoms in total. The van der Waals surface area contributed by atoms with E-state index in [1.807, 2.05) is 6.92 Å². The highest BCUT2D eigenvalue weighted by molar-refractivity contribution is 5.78. The average molecular weight is 184 g/mol. The first kappa shape index (κ1) is 10.5. The summed E-state index contributed by atoms with van der Waals surface area (Å²) in [6.45, 7) is 5.39. The summed E-state index contributed by atoms with van der Waals surface area (Å²) in [4.78, 5) is 11.2. The molecule has 1 aliphatic carbocycles. The van der Waals surface area contributed by atoms with Crippen molar-refractivity contribution >= 4 is 5.91 Å². The molecule has 1 atom stereocenters. The Morgan fingerprint density at radius 1 is 1.54 bits per heavy atom. The van der Waals surface area contributed by atoms with Gasteiger partial charge >= 0.3 is 0 Å². The largest absolute Gasteiger partial charge is 0.353 e. The lowest BCUT2D eigenvalue weighted by Crippen LogP contribution is -2.39. The molecule has 1 unspecified atom stereocenters. The van der Waals surface area contributed by atoms with Crippen molar-refractivity contribution in [2.75, 3.05) is 13.1 Å². The van der Waals surface area contributed by atoms with E-state index < -0.39 is 0 Å². The number of hydrogen-bond donors (Lipinski definition) is 2. The minimum Gasteiger partial charge on any atom is -0.353 e. The van der Waals surface area contributed by atoms with Crippen molar-refractivity contribution in [3.63, 3.8) is 0 Å². The monoisotopic (exact) mass is 184 g/mol. The molecule has 0 heterocycles. The number of hydrogen-bond acceptors (Lipinski definition) is 2. The molecule has 0 radical (unpaired) electrons. The third-order valence-corrected chi connectivity index (χ3v) is 2.33. The lowest BCUT2D eigenvalue weighted by molar-refractivity contribution is -0.120. The van der Waals surface area contributed by atoms with E-state index >= 15 is 0 Å². The van der Waals surface area contributed by atoms with E-state index in [1.165, 1.54) is 12.8 Å². The van der Waals surface area contributed by atoms with E-state index in [0.29, 0.717) is 12.6 Å². The van der Waals surface area contributed by atoms with Crippen LogP contribution in [0.3, 0.4) is 0 Å². The minimum absolute atomic E-state index is 0.120. The van der Waals surface area contributed by atoms with Crippen molar-refractivity contribution in [1.82, 2.24) is 10.6 Å². The van der Waals surface area contributed by atoms with Crippen LogP contribution in [0.25, 0.3) is 0 Å². The summed E-state index contributed by atoms with van der Waals surface area (Å²) in [6, 6.07) is 0.346. The number of nitrogens with one attached hydrogen (secondary N) is 2. The maximum atomic E-state index is 11.2. The first-order valence-electron chi connectivity index (χ1n) is 5.22. The molecule has 0 aromatic heterocycles. The van der Waals surface area contributed by atoms with Gasteiger partial charge in [0.25, 0.3) is 0 Å². The number of amides is 1. The molecule has 0 spiro atoms. The molecule has 0 saturated heterocycles. The van der Waals surface area contributed by atoms with Crippen LogP contribution in [-0.4, -0.2) is 25.0 Å². The van der Waals surface area contributed by atoms with Gasteiger partial charge in [0.05, 0.1) is 6.54 Å². The first-order chi connectivity index (χ1) is 6.22. The maximum Gasteiger partial charge on any atom is 0.234 e. The van der Waals surface area contributed by atoms with E-state index in [0.717, 1.165) is 18.9 Å². The van der Waals surface area contributed by atoms with E-state index in [2.05, 4.69) is 17.6 Å². The van der Waals surface area contributed by atoms with Gasteiger partial charge in [-0.1, -0.05) is 19.8 Å². The molecule has 0 aromatic rings. The molecule has 2 N–H and O–H groups in total. The lowest BCUT2D eigenvalue weighted by Gasteiger charge is -2.13. The molecule has 3 heteroatoms. The molecule has 1 fully saturated rings. The summed E-state index contributed by atoms with van der Waals surface area (Å²) < 4.78 is 0. The van der Waals surface area contributed by atoms with E-state index in [9.17, 15) is 4.79 Å². The summed E-state index contributed by atoms with van der Waals surface area (Å²) in [6.07, 6.45) is 3.86. The molecule has 0 aliphatic heterocycles. The molecular formula is C10H20N2O. The Labute approximate surface area is 80.3 Å². The second kappa shape index (κ2) is 5.22. The number of likely N-dealkylation sites (N-methyl/N-ethyl adjacent to an activating group) is 1. The smallest absolute Gasteiger partial charge is 0.234 e. The van der Waals surface area contributed by atoms with E-state index in [1.54, 1.807) is 0 Å². The quantitative estimate of drug-likeness (QED) is 0.644. The Morgan fingerprint density at radius 2 is 2.23 bits per heavy atom. The molecule has 1 aliphatic rings. The third-order valence-electron chi connectivity index (χ3n) is 2.33. The third kappa shape index (κ3) is 4.88. The normalized spacial score (nSPS) is 18.3. The van der Waals surface area contributed by atoms with Crippen molar-refractivity contribution in [2.45, 2.75) is 39.2 Å². The standard InChI is InChI=1S/C10H20N2O/c1-3-11-7-10(13)12-8(2)6-9-4-5-9/h8-9,11H,3-7H2,1-2H3,(H,12,13). The molecule has 0 bridgehead atoms. The van der Waals surface area contributed by atoms with E-state index in [-0.39, 0.29) is 5.91 Å². The van der Waals surface area contributed by atoms with Crippen LogP contribution in [-0.2, 0) is 4.79 Å². The molecule has 1 saturated carbocycles. The van der Waals surface area contributed by atoms with Crippen LogP contribution >= 0.6 is 0 Å². The van der Waals surface area contributed by atoms with Gasteiger partial charge < -0.3 is 10.6 Å². The van der Waals surface area contributed by atoms with Gasteiger partial charge in [0, 0.05) is 6.04 Å². The Hall–Kier alpha value is -0.570. The van der Waals surface area contributed by atoms with Crippen molar-refractivity contribution in [3.8, 4) is 0 Å². The lowest BCUT2D eigenvalue weighted by atomic mass is 10.1. The number of carbonyl (C=O) groups excluding carboxylic acids is 1. The number of rotatable bonds is 6. The second-order valence-electron chi connectivity index (χ2n) is 3.93. The van der Waals surface area contributed by atoms with Crippen LogP contribution in [0.2, 0.25) is 0 Å². The Kier molecular flexibility index (Phi) is 4.22.